The first-order chi connectivity index (χ1) is 29.0. The molecule has 0 saturated carbocycles. The highest BCUT2D eigenvalue weighted by Gasteiger charge is 2.19. The quantitative estimate of drug-likeness (QED) is 0.0263. The fraction of sp³-hybridized carbons (Fsp3) is 0.830. The van der Waals surface area contributed by atoms with Gasteiger partial charge in [-0.2, -0.15) is 0 Å². The molecule has 0 radical (unpaired) electrons. The number of esters is 3. The van der Waals surface area contributed by atoms with Gasteiger partial charge >= 0.3 is 17.9 Å². The Bertz CT molecular complexity index is 1000. The van der Waals surface area contributed by atoms with Crippen LogP contribution in [0.15, 0.2) is 36.5 Å². The maximum absolute atomic E-state index is 12.7. The Morgan fingerprint density at radius 2 is 0.610 bits per heavy atom. The molecular weight excluding hydrogens is 733 g/mol. The second kappa shape index (κ2) is 48.3. The van der Waals surface area contributed by atoms with Crippen molar-refractivity contribution < 1.29 is 28.6 Å². The maximum atomic E-state index is 12.7. The predicted molar refractivity (Wildman–Crippen MR) is 252 cm³/mol. The second-order valence-corrected chi connectivity index (χ2v) is 17.1. The van der Waals surface area contributed by atoms with Crippen LogP contribution in [0.25, 0.3) is 0 Å². The van der Waals surface area contributed by atoms with Gasteiger partial charge < -0.3 is 14.2 Å². The number of carbonyl (C=O) groups is 3. The number of carbonyl (C=O) groups excluding carboxylic acids is 3. The molecule has 0 spiro atoms. The lowest BCUT2D eigenvalue weighted by atomic mass is 10.1. The summed E-state index contributed by atoms with van der Waals surface area (Å²) in [7, 11) is 0. The third kappa shape index (κ3) is 46.5. The number of unbranched alkanes of at least 4 members (excludes halogenated alkanes) is 29. The average molecular weight is 829 g/mol. The number of ether oxygens (including phenoxy) is 3. The summed E-state index contributed by atoms with van der Waals surface area (Å²) in [6, 6.07) is 0. The maximum Gasteiger partial charge on any atom is 0.306 e. The van der Waals surface area contributed by atoms with E-state index in [0.717, 1.165) is 77.0 Å². The van der Waals surface area contributed by atoms with Crippen molar-refractivity contribution in [2.75, 3.05) is 13.2 Å². The molecule has 0 fully saturated rings. The summed E-state index contributed by atoms with van der Waals surface area (Å²) in [5.74, 6) is -0.878. The number of allylic oxidation sites excluding steroid dienone is 6. The number of rotatable bonds is 46. The van der Waals surface area contributed by atoms with E-state index in [2.05, 4.69) is 57.2 Å². The standard InChI is InChI=1S/C53H96O6/c1-4-7-10-13-16-19-22-23-24-25-26-27-28-29-32-34-37-40-43-46-52(55)58-49-50(59-53(56)47-44-41-38-35-31-21-18-15-12-9-6-3)48-57-51(54)45-42-39-36-33-30-20-17-14-11-8-5-2/h16,19,23-24,26-27,50H,4-15,17-18,20-22,25,28-49H2,1-3H3/b19-16-,24-23-,27-26-/t50-/m1/s1. The van der Waals surface area contributed by atoms with Crippen LogP contribution in [-0.4, -0.2) is 37.2 Å². The molecule has 0 aliphatic carbocycles. The van der Waals surface area contributed by atoms with Crippen LogP contribution in [0, 0.1) is 0 Å². The van der Waals surface area contributed by atoms with Crippen LogP contribution in [0.4, 0.5) is 0 Å². The minimum atomic E-state index is -0.771. The zero-order chi connectivity index (χ0) is 43.0. The zero-order valence-electron chi connectivity index (χ0n) is 39.3. The Labute approximate surface area is 365 Å². The van der Waals surface area contributed by atoms with Crippen molar-refractivity contribution in [3.63, 3.8) is 0 Å². The largest absolute Gasteiger partial charge is 0.462 e. The summed E-state index contributed by atoms with van der Waals surface area (Å²) in [5, 5.41) is 0. The summed E-state index contributed by atoms with van der Waals surface area (Å²) in [6.07, 6.45) is 55.5. The summed E-state index contributed by atoms with van der Waals surface area (Å²) in [4.78, 5) is 37.9. The molecule has 59 heavy (non-hydrogen) atoms. The summed E-state index contributed by atoms with van der Waals surface area (Å²) < 4.78 is 16.8. The first-order valence-electron chi connectivity index (χ1n) is 25.5. The third-order valence-corrected chi connectivity index (χ3v) is 11.1. The molecule has 0 aromatic heterocycles. The van der Waals surface area contributed by atoms with Gasteiger partial charge in [0.05, 0.1) is 0 Å². The molecule has 0 aliphatic heterocycles. The van der Waals surface area contributed by atoms with E-state index in [0.29, 0.717) is 19.3 Å². The molecule has 1 atom stereocenters. The van der Waals surface area contributed by atoms with Gasteiger partial charge in [-0.15, -0.1) is 0 Å². The van der Waals surface area contributed by atoms with Crippen molar-refractivity contribution >= 4 is 17.9 Å². The van der Waals surface area contributed by atoms with Crippen molar-refractivity contribution in [3.05, 3.63) is 36.5 Å². The fourth-order valence-electron chi connectivity index (χ4n) is 7.27. The van der Waals surface area contributed by atoms with Crippen molar-refractivity contribution in [3.8, 4) is 0 Å². The first kappa shape index (κ1) is 56.6. The van der Waals surface area contributed by atoms with E-state index in [-0.39, 0.29) is 31.1 Å². The van der Waals surface area contributed by atoms with Gasteiger partial charge in [0.15, 0.2) is 6.10 Å². The van der Waals surface area contributed by atoms with Gasteiger partial charge in [0, 0.05) is 19.3 Å². The zero-order valence-corrected chi connectivity index (χ0v) is 39.3. The molecule has 0 rings (SSSR count). The first-order valence-corrected chi connectivity index (χ1v) is 25.5. The Hall–Kier alpha value is -2.37. The highest BCUT2D eigenvalue weighted by Crippen LogP contribution is 2.15. The van der Waals surface area contributed by atoms with Crippen LogP contribution in [0.3, 0.4) is 0 Å². The minimum Gasteiger partial charge on any atom is -0.462 e. The molecular formula is C53H96O6. The lowest BCUT2D eigenvalue weighted by Crippen LogP contribution is -2.30. The van der Waals surface area contributed by atoms with Gasteiger partial charge in [-0.3, -0.25) is 14.4 Å². The van der Waals surface area contributed by atoms with Crippen molar-refractivity contribution in [2.24, 2.45) is 0 Å². The SMILES string of the molecule is CCCCC/C=C\C/C=C\C/C=C\CCCCCCCCC(=O)OC[C@@H](COC(=O)CCCCCCCCCCCCC)OC(=O)CCCCCCCCCCCCC. The van der Waals surface area contributed by atoms with Crippen LogP contribution in [0.1, 0.15) is 265 Å². The van der Waals surface area contributed by atoms with Crippen LogP contribution < -0.4 is 0 Å². The monoisotopic (exact) mass is 829 g/mol. The Balaban J connectivity index is 4.32. The van der Waals surface area contributed by atoms with Gasteiger partial charge in [-0.25, -0.2) is 0 Å². The van der Waals surface area contributed by atoms with E-state index in [1.54, 1.807) is 0 Å². The van der Waals surface area contributed by atoms with Gasteiger partial charge in [-0.05, 0) is 57.8 Å². The summed E-state index contributed by atoms with van der Waals surface area (Å²) in [6.45, 7) is 6.60. The molecule has 0 heterocycles. The van der Waals surface area contributed by atoms with Crippen LogP contribution in [-0.2, 0) is 28.6 Å². The van der Waals surface area contributed by atoms with Gasteiger partial charge in [0.25, 0.3) is 0 Å². The number of hydrogen-bond donors (Lipinski definition) is 0. The van der Waals surface area contributed by atoms with Crippen molar-refractivity contribution in [2.45, 2.75) is 271 Å². The molecule has 0 aromatic carbocycles. The van der Waals surface area contributed by atoms with Gasteiger partial charge in [0.1, 0.15) is 13.2 Å². The molecule has 0 amide bonds. The molecule has 0 bridgehead atoms. The normalized spacial score (nSPS) is 12.3. The van der Waals surface area contributed by atoms with Gasteiger partial charge in [-0.1, -0.05) is 224 Å². The lowest BCUT2D eigenvalue weighted by molar-refractivity contribution is -0.167. The van der Waals surface area contributed by atoms with E-state index in [9.17, 15) is 14.4 Å². The Morgan fingerprint density at radius 1 is 0.339 bits per heavy atom. The number of hydrogen-bond acceptors (Lipinski definition) is 6. The van der Waals surface area contributed by atoms with E-state index in [1.165, 1.54) is 148 Å². The molecule has 0 N–H and O–H groups in total. The van der Waals surface area contributed by atoms with E-state index < -0.39 is 6.10 Å². The Morgan fingerprint density at radius 3 is 0.983 bits per heavy atom. The Kier molecular flexibility index (Phi) is 46.4. The van der Waals surface area contributed by atoms with Gasteiger partial charge in [0.2, 0.25) is 0 Å². The highest BCUT2D eigenvalue weighted by atomic mass is 16.6. The highest BCUT2D eigenvalue weighted by molar-refractivity contribution is 5.71. The lowest BCUT2D eigenvalue weighted by Gasteiger charge is -2.18. The van der Waals surface area contributed by atoms with E-state index in [1.807, 2.05) is 0 Å². The molecule has 6 nitrogen and oxygen atoms in total. The molecule has 0 unspecified atom stereocenters. The van der Waals surface area contributed by atoms with Crippen molar-refractivity contribution in [1.29, 1.82) is 0 Å². The second-order valence-electron chi connectivity index (χ2n) is 17.1. The summed E-state index contributed by atoms with van der Waals surface area (Å²) in [5.41, 5.74) is 0. The van der Waals surface area contributed by atoms with Crippen LogP contribution >= 0.6 is 0 Å². The predicted octanol–water partition coefficient (Wildman–Crippen LogP) is 16.5. The third-order valence-electron chi connectivity index (χ3n) is 11.1. The molecule has 0 saturated heterocycles. The van der Waals surface area contributed by atoms with E-state index >= 15 is 0 Å². The topological polar surface area (TPSA) is 78.9 Å². The molecule has 0 aliphatic rings. The van der Waals surface area contributed by atoms with E-state index in [4.69, 9.17) is 14.2 Å². The molecule has 6 heteroatoms. The smallest absolute Gasteiger partial charge is 0.306 e. The fourth-order valence-corrected chi connectivity index (χ4v) is 7.27. The van der Waals surface area contributed by atoms with Crippen LogP contribution in [0.2, 0.25) is 0 Å². The van der Waals surface area contributed by atoms with Crippen molar-refractivity contribution in [1.82, 2.24) is 0 Å². The molecule has 344 valence electrons. The van der Waals surface area contributed by atoms with Crippen LogP contribution in [0.5, 0.6) is 0 Å². The summed E-state index contributed by atoms with van der Waals surface area (Å²) >= 11 is 0. The molecule has 0 aromatic rings. The minimum absolute atomic E-state index is 0.0725. The average Bonchev–Trinajstić information content (AvgIpc) is 3.23.